The Bertz CT molecular complexity index is 475. The SMILES string of the molecule is CCC1CCC(=S)CN1c1cc(Br)c(C#N)s1. The molecule has 90 valence electrons. The monoisotopic (exact) mass is 328 g/mol. The maximum absolute atomic E-state index is 8.99. The summed E-state index contributed by atoms with van der Waals surface area (Å²) in [6, 6.07) is 4.81. The lowest BCUT2D eigenvalue weighted by atomic mass is 10.0. The van der Waals surface area contributed by atoms with Gasteiger partial charge in [-0.25, -0.2) is 0 Å². The topological polar surface area (TPSA) is 27.0 Å². The predicted octanol–water partition coefficient (Wildman–Crippen LogP) is 4.13. The van der Waals surface area contributed by atoms with Gasteiger partial charge in [0.05, 0.1) is 11.5 Å². The fourth-order valence-electron chi connectivity index (χ4n) is 2.14. The van der Waals surface area contributed by atoms with Crippen LogP contribution in [0.15, 0.2) is 10.5 Å². The van der Waals surface area contributed by atoms with Crippen molar-refractivity contribution in [1.29, 1.82) is 5.26 Å². The van der Waals surface area contributed by atoms with Crippen molar-refractivity contribution >= 4 is 49.4 Å². The van der Waals surface area contributed by atoms with Crippen LogP contribution in [0.25, 0.3) is 0 Å². The lowest BCUT2D eigenvalue weighted by Gasteiger charge is -2.36. The lowest BCUT2D eigenvalue weighted by Crippen LogP contribution is -2.42. The summed E-state index contributed by atoms with van der Waals surface area (Å²) in [6.07, 6.45) is 3.31. The smallest absolute Gasteiger partial charge is 0.121 e. The van der Waals surface area contributed by atoms with Gasteiger partial charge in [0.25, 0.3) is 0 Å². The van der Waals surface area contributed by atoms with Gasteiger partial charge >= 0.3 is 0 Å². The zero-order chi connectivity index (χ0) is 12.4. The summed E-state index contributed by atoms with van der Waals surface area (Å²) in [5.74, 6) is 0. The van der Waals surface area contributed by atoms with Gasteiger partial charge in [0.2, 0.25) is 0 Å². The van der Waals surface area contributed by atoms with Crippen LogP contribution in [0.4, 0.5) is 5.00 Å². The van der Waals surface area contributed by atoms with E-state index in [1.807, 2.05) is 6.07 Å². The summed E-state index contributed by atoms with van der Waals surface area (Å²) in [7, 11) is 0. The first kappa shape index (κ1) is 13.0. The highest BCUT2D eigenvalue weighted by Crippen LogP contribution is 2.36. The molecule has 1 saturated heterocycles. The number of halogens is 1. The van der Waals surface area contributed by atoms with Gasteiger partial charge in [0.15, 0.2) is 0 Å². The molecule has 0 aliphatic carbocycles. The molecule has 1 aliphatic rings. The van der Waals surface area contributed by atoms with Crippen LogP contribution in [0.2, 0.25) is 0 Å². The summed E-state index contributed by atoms with van der Waals surface area (Å²) < 4.78 is 0.895. The van der Waals surface area contributed by atoms with E-state index in [9.17, 15) is 0 Å². The van der Waals surface area contributed by atoms with Gasteiger partial charge in [0.1, 0.15) is 10.9 Å². The summed E-state index contributed by atoms with van der Waals surface area (Å²) in [5, 5.41) is 10.1. The van der Waals surface area contributed by atoms with E-state index in [1.54, 1.807) is 11.3 Å². The Hall–Kier alpha value is -0.440. The quantitative estimate of drug-likeness (QED) is 0.764. The van der Waals surface area contributed by atoms with Gasteiger partial charge in [-0.05, 0) is 41.3 Å². The van der Waals surface area contributed by atoms with Gasteiger partial charge in [-0.3, -0.25) is 0 Å². The first-order valence-corrected chi connectivity index (χ1v) is 7.65. The third kappa shape index (κ3) is 2.70. The van der Waals surface area contributed by atoms with E-state index < -0.39 is 0 Å². The van der Waals surface area contributed by atoms with Crippen LogP contribution >= 0.6 is 39.5 Å². The number of thiophene rings is 1. The number of anilines is 1. The van der Waals surface area contributed by atoms with E-state index in [4.69, 9.17) is 17.5 Å². The highest BCUT2D eigenvalue weighted by Gasteiger charge is 2.25. The number of nitrogens with zero attached hydrogens (tertiary/aromatic N) is 2. The molecule has 0 bridgehead atoms. The minimum atomic E-state index is 0.554. The molecule has 1 aliphatic heterocycles. The van der Waals surface area contributed by atoms with E-state index >= 15 is 0 Å². The molecule has 0 amide bonds. The number of thiocarbonyl (C=S) groups is 1. The molecule has 1 fully saturated rings. The van der Waals surface area contributed by atoms with Crippen LogP contribution in [0.1, 0.15) is 31.1 Å². The van der Waals surface area contributed by atoms with Crippen molar-refractivity contribution in [3.63, 3.8) is 0 Å². The number of rotatable bonds is 2. The summed E-state index contributed by atoms with van der Waals surface area (Å²) in [4.78, 5) is 4.21. The molecule has 0 aromatic carbocycles. The van der Waals surface area contributed by atoms with Crippen LogP contribution in [0, 0.1) is 11.3 Å². The van der Waals surface area contributed by atoms with Crippen molar-refractivity contribution in [2.24, 2.45) is 0 Å². The van der Waals surface area contributed by atoms with E-state index in [-0.39, 0.29) is 0 Å². The molecule has 1 aromatic rings. The summed E-state index contributed by atoms with van der Waals surface area (Å²) >= 11 is 10.3. The summed E-state index contributed by atoms with van der Waals surface area (Å²) in [5.41, 5.74) is 0. The second-order valence-corrected chi connectivity index (χ2v) is 6.60. The second kappa shape index (κ2) is 5.47. The van der Waals surface area contributed by atoms with Gasteiger partial charge in [-0.2, -0.15) is 5.26 Å². The molecule has 0 N–H and O–H groups in total. The van der Waals surface area contributed by atoms with Crippen molar-refractivity contribution < 1.29 is 0 Å². The van der Waals surface area contributed by atoms with E-state index in [0.29, 0.717) is 6.04 Å². The second-order valence-electron chi connectivity index (χ2n) is 4.14. The third-order valence-electron chi connectivity index (χ3n) is 3.07. The largest absolute Gasteiger partial charge is 0.356 e. The van der Waals surface area contributed by atoms with Crippen LogP contribution < -0.4 is 4.90 Å². The van der Waals surface area contributed by atoms with E-state index in [1.165, 1.54) is 0 Å². The average molecular weight is 329 g/mol. The summed E-state index contributed by atoms with van der Waals surface area (Å²) in [6.45, 7) is 3.06. The normalized spacial score (nSPS) is 20.4. The molecule has 0 saturated carbocycles. The molecule has 17 heavy (non-hydrogen) atoms. The number of hydrogen-bond acceptors (Lipinski definition) is 4. The molecule has 1 atom stereocenters. The van der Waals surface area contributed by atoms with Crippen LogP contribution in [0.5, 0.6) is 0 Å². The Balaban J connectivity index is 2.29. The highest BCUT2D eigenvalue weighted by molar-refractivity contribution is 9.10. The predicted molar refractivity (Wildman–Crippen MR) is 80.0 cm³/mol. The van der Waals surface area contributed by atoms with Crippen LogP contribution in [-0.2, 0) is 0 Å². The minimum absolute atomic E-state index is 0.554. The number of nitriles is 1. The van der Waals surface area contributed by atoms with Crippen LogP contribution in [-0.4, -0.2) is 17.5 Å². The molecule has 1 unspecified atom stereocenters. The fraction of sp³-hybridized carbons (Fsp3) is 0.500. The van der Waals surface area contributed by atoms with Gasteiger partial charge in [-0.15, -0.1) is 11.3 Å². The Kier molecular flexibility index (Phi) is 4.18. The van der Waals surface area contributed by atoms with Gasteiger partial charge in [0, 0.05) is 15.4 Å². The molecule has 0 radical (unpaired) electrons. The molecule has 0 spiro atoms. The molecule has 2 heterocycles. The zero-order valence-electron chi connectivity index (χ0n) is 9.57. The fourth-order valence-corrected chi connectivity index (χ4v) is 4.01. The van der Waals surface area contributed by atoms with Crippen molar-refractivity contribution in [2.75, 3.05) is 11.4 Å². The maximum atomic E-state index is 8.99. The highest BCUT2D eigenvalue weighted by atomic mass is 79.9. The molecule has 5 heteroatoms. The first-order chi connectivity index (χ1) is 8.15. The molecular formula is C12H13BrN2S2. The Morgan fingerprint density at radius 3 is 3.06 bits per heavy atom. The van der Waals surface area contributed by atoms with Crippen molar-refractivity contribution in [3.05, 3.63) is 15.4 Å². The standard InChI is InChI=1S/C12H13BrN2S2/c1-2-8-3-4-9(16)7-15(8)12-5-10(13)11(6-14)17-12/h5,8H,2-4,7H2,1H3. The van der Waals surface area contributed by atoms with Crippen molar-refractivity contribution in [3.8, 4) is 6.07 Å². The number of piperidine rings is 1. The zero-order valence-corrected chi connectivity index (χ0v) is 12.8. The van der Waals surface area contributed by atoms with Gasteiger partial charge in [-0.1, -0.05) is 19.1 Å². The minimum Gasteiger partial charge on any atom is -0.356 e. The average Bonchev–Trinajstić information content (AvgIpc) is 2.70. The van der Waals surface area contributed by atoms with Gasteiger partial charge < -0.3 is 4.90 Å². The van der Waals surface area contributed by atoms with Crippen molar-refractivity contribution in [2.45, 2.75) is 32.2 Å². The Morgan fingerprint density at radius 1 is 1.71 bits per heavy atom. The Morgan fingerprint density at radius 2 is 2.47 bits per heavy atom. The first-order valence-electron chi connectivity index (χ1n) is 5.63. The molecule has 2 nitrogen and oxygen atoms in total. The number of hydrogen-bond donors (Lipinski definition) is 0. The molecular weight excluding hydrogens is 316 g/mol. The molecule has 2 rings (SSSR count). The van der Waals surface area contributed by atoms with E-state index in [0.717, 1.165) is 45.0 Å². The Labute approximate surface area is 119 Å². The van der Waals surface area contributed by atoms with E-state index in [2.05, 4.69) is 33.8 Å². The molecule has 1 aromatic heterocycles. The maximum Gasteiger partial charge on any atom is 0.121 e. The lowest BCUT2D eigenvalue weighted by molar-refractivity contribution is 0.547. The van der Waals surface area contributed by atoms with Crippen LogP contribution in [0.3, 0.4) is 0 Å². The van der Waals surface area contributed by atoms with Crippen molar-refractivity contribution in [1.82, 2.24) is 0 Å². The third-order valence-corrected chi connectivity index (χ3v) is 5.37.